The Bertz CT molecular complexity index is 11.5. The molecule has 2 radical (unpaired) electrons. The van der Waals surface area contributed by atoms with E-state index in [0.717, 1.165) is 0 Å². The van der Waals surface area contributed by atoms with E-state index in [4.69, 9.17) is 0 Å². The number of rotatable bonds is 0. The van der Waals surface area contributed by atoms with Crippen molar-refractivity contribution in [1.82, 2.24) is 0 Å². The predicted octanol–water partition coefficient (Wildman–Crippen LogP) is 0.161. The molecule has 0 spiro atoms. The summed E-state index contributed by atoms with van der Waals surface area (Å²) in [5.41, 5.74) is 0. The second-order valence-electron chi connectivity index (χ2n) is 0. The van der Waals surface area contributed by atoms with Gasteiger partial charge in [-0.1, -0.05) is 0 Å². The van der Waals surface area contributed by atoms with Gasteiger partial charge in [-0.2, -0.15) is 23.4 Å². The van der Waals surface area contributed by atoms with Crippen molar-refractivity contribution < 1.29 is 66.5 Å². The van der Waals surface area contributed by atoms with Crippen molar-refractivity contribution in [2.45, 2.75) is 0 Å². The van der Waals surface area contributed by atoms with E-state index in [-0.39, 0.29) is 89.9 Å². The molecule has 0 bridgehead atoms. The van der Waals surface area contributed by atoms with Gasteiger partial charge >= 0.3 is 0 Å². The molecule has 6 heavy (non-hydrogen) atoms. The molecule has 1 atom stereocenters. The summed E-state index contributed by atoms with van der Waals surface area (Å²) < 4.78 is 0. The summed E-state index contributed by atoms with van der Waals surface area (Å²) in [6.45, 7) is 0. The molecule has 54 valence electrons. The fourth-order valence-electron chi connectivity index (χ4n) is 0. The van der Waals surface area contributed by atoms with Crippen LogP contribution in [-0.4, -0.2) is 0 Å². The van der Waals surface area contributed by atoms with Crippen LogP contribution in [0.4, 0.5) is 0 Å². The second kappa shape index (κ2) is 46.3. The summed E-state index contributed by atoms with van der Waals surface area (Å²) >= 11 is 0. The Morgan fingerprint density at radius 1 is 0.667 bits per heavy atom. The van der Waals surface area contributed by atoms with E-state index >= 15 is 0 Å². The molecule has 0 N–H and O–H groups in total. The molecule has 0 saturated carbocycles. The first-order valence-corrected chi connectivity index (χ1v) is 0. The molecule has 1 unspecified atom stereocenters. The predicted molar refractivity (Wildman–Crippen MR) is 21.5 cm³/mol. The van der Waals surface area contributed by atoms with Crippen LogP contribution in [0.2, 0.25) is 0 Å². The van der Waals surface area contributed by atoms with Crippen LogP contribution in [0.15, 0.2) is 0 Å². The zero-order chi connectivity index (χ0) is 0. The van der Waals surface area contributed by atoms with Gasteiger partial charge in [-0.3, -0.25) is 0 Å². The minimum Gasteiger partial charge on any atom is -0.197 e. The van der Waals surface area contributed by atoms with Crippen LogP contribution in [0.1, 0.15) is 0 Å². The fraction of sp³-hybridized carbons (Fsp3) is 0. The molecule has 6 heteroatoms. The van der Waals surface area contributed by atoms with Crippen molar-refractivity contribution in [1.29, 1.82) is 0 Å². The summed E-state index contributed by atoms with van der Waals surface area (Å²) in [4.78, 5) is 0. The first-order valence-electron chi connectivity index (χ1n) is 0. The third-order valence-corrected chi connectivity index (χ3v) is 0. The smallest absolute Gasteiger partial charge is 0 e. The summed E-state index contributed by atoms with van der Waals surface area (Å²) in [7, 11) is 0. The van der Waals surface area contributed by atoms with Crippen LogP contribution in [0.3, 0.4) is 0 Å². The van der Waals surface area contributed by atoms with Crippen LogP contribution < -0.4 is 0 Å². The van der Waals surface area contributed by atoms with E-state index in [9.17, 15) is 0 Å². The Hall–Kier alpha value is 2.78. The zero-order valence-corrected chi connectivity index (χ0v) is 8.98. The first kappa shape index (κ1) is 68.8. The quantitative estimate of drug-likeness (QED) is 0.442. The van der Waals surface area contributed by atoms with Crippen molar-refractivity contribution in [2.24, 2.45) is 0 Å². The van der Waals surface area contributed by atoms with Crippen molar-refractivity contribution in [3.63, 3.8) is 0 Å². The van der Waals surface area contributed by atoms with E-state index < -0.39 is 0 Å². The summed E-state index contributed by atoms with van der Waals surface area (Å²) in [6, 6.07) is 0. The van der Waals surface area contributed by atoms with E-state index in [1.807, 2.05) is 0 Å². The number of hydrogen-bond donors (Lipinski definition) is 0. The summed E-state index contributed by atoms with van der Waals surface area (Å²) in [6.07, 6.45) is 0. The average molecular weight is 303 g/mol. The van der Waals surface area contributed by atoms with E-state index in [1.54, 1.807) is 0 Å². The molecule has 0 aliphatic carbocycles. The van der Waals surface area contributed by atoms with Crippen molar-refractivity contribution in [2.75, 3.05) is 0 Å². The first-order chi connectivity index (χ1) is 0. The molecular formula is H5Co2Ni2PS. The van der Waals surface area contributed by atoms with Gasteiger partial charge in [0.15, 0.2) is 0 Å². The molecule has 0 aromatic rings. The van der Waals surface area contributed by atoms with Gasteiger partial charge in [0.1, 0.15) is 0 Å². The monoisotopic (exact) mass is 302 g/mol. The van der Waals surface area contributed by atoms with E-state index in [2.05, 4.69) is 0 Å². The molecule has 0 aromatic heterocycles. The third kappa shape index (κ3) is 29.3. The Morgan fingerprint density at radius 3 is 0.667 bits per heavy atom. The Labute approximate surface area is 89.0 Å². The minimum atomic E-state index is 0. The molecule has 0 nitrogen and oxygen atoms in total. The molecule has 0 fully saturated rings. The molecule has 0 aliphatic rings. The van der Waals surface area contributed by atoms with Gasteiger partial charge in [-0.25, -0.2) is 0 Å². The van der Waals surface area contributed by atoms with Gasteiger partial charge in [-0.05, 0) is 0 Å². The van der Waals surface area contributed by atoms with Gasteiger partial charge in [0.05, 0.1) is 0 Å². The second-order valence-corrected chi connectivity index (χ2v) is 0. The van der Waals surface area contributed by atoms with Gasteiger partial charge < -0.3 is 0 Å². The molecule has 0 rings (SSSR count). The van der Waals surface area contributed by atoms with Crippen molar-refractivity contribution >= 4 is 23.4 Å². The van der Waals surface area contributed by atoms with Crippen molar-refractivity contribution in [3.8, 4) is 0 Å². The fourth-order valence-corrected chi connectivity index (χ4v) is 0. The van der Waals surface area contributed by atoms with Gasteiger partial charge in [0.2, 0.25) is 0 Å². The SMILES string of the molecule is P.S.[Co].[Co].[Ni].[Ni]. The van der Waals surface area contributed by atoms with E-state index in [0.29, 0.717) is 0 Å². The molecule has 0 aromatic carbocycles. The Morgan fingerprint density at radius 2 is 0.667 bits per heavy atom. The maximum Gasteiger partial charge on any atom is 0 e. The van der Waals surface area contributed by atoms with Crippen LogP contribution in [-0.2, 0) is 66.5 Å². The minimum absolute atomic E-state index is 0. The van der Waals surface area contributed by atoms with Gasteiger partial charge in [0.25, 0.3) is 0 Å². The number of hydrogen-bond acceptors (Lipinski definition) is 0. The van der Waals surface area contributed by atoms with Gasteiger partial charge in [-0.15, -0.1) is 0 Å². The van der Waals surface area contributed by atoms with Crippen LogP contribution in [0.5, 0.6) is 0 Å². The summed E-state index contributed by atoms with van der Waals surface area (Å²) in [5.74, 6) is 0. The topological polar surface area (TPSA) is 0 Å². The molecule has 0 saturated heterocycles. The molecular weight excluding hydrogens is 298 g/mol. The zero-order valence-electron chi connectivity index (χ0n) is 2.51. The van der Waals surface area contributed by atoms with Crippen LogP contribution >= 0.6 is 23.4 Å². The normalized spacial score (nSPS) is 0. The average Bonchev–Trinajstić information content (AvgIpc) is 0. The standard InChI is InChI=1S/2Co.2Ni.H3P.H2S/h;;;;1H3;1H2. The van der Waals surface area contributed by atoms with Crippen LogP contribution in [0.25, 0.3) is 0 Å². The Balaban J connectivity index is 0. The third-order valence-electron chi connectivity index (χ3n) is 0. The maximum absolute atomic E-state index is 0. The largest absolute Gasteiger partial charge is 0.197 e. The summed E-state index contributed by atoms with van der Waals surface area (Å²) in [5, 5.41) is 0. The molecule has 0 amide bonds. The van der Waals surface area contributed by atoms with Crippen LogP contribution in [0, 0.1) is 0 Å². The van der Waals surface area contributed by atoms with E-state index in [1.165, 1.54) is 0 Å². The Kier molecular flexibility index (Phi) is 530. The van der Waals surface area contributed by atoms with Crippen molar-refractivity contribution in [3.05, 3.63) is 0 Å². The van der Waals surface area contributed by atoms with Gasteiger partial charge in [0, 0.05) is 66.5 Å². The molecule has 0 aliphatic heterocycles. The maximum atomic E-state index is 0. The molecule has 0 heterocycles.